The summed E-state index contributed by atoms with van der Waals surface area (Å²) < 4.78 is 6.36. The van der Waals surface area contributed by atoms with Crippen molar-refractivity contribution in [1.82, 2.24) is 14.8 Å². The van der Waals surface area contributed by atoms with Crippen LogP contribution >= 0.6 is 0 Å². The van der Waals surface area contributed by atoms with Crippen LogP contribution in [0.5, 0.6) is 0 Å². The molecule has 0 radical (unpaired) electrons. The SMILES string of the molecule is COC(=O)Cc1nncn1-c1ccccc1. The molecule has 0 amide bonds. The molecular formula is C11H11N3O2. The van der Waals surface area contributed by atoms with E-state index in [1.807, 2.05) is 30.3 Å². The molecule has 82 valence electrons. The molecule has 1 heterocycles. The first-order chi connectivity index (χ1) is 7.81. The van der Waals surface area contributed by atoms with Crippen molar-refractivity contribution in [1.29, 1.82) is 0 Å². The standard InChI is InChI=1S/C11H11N3O2/c1-16-11(15)7-10-13-12-8-14(10)9-5-3-2-4-6-9/h2-6,8H,7H2,1H3. The van der Waals surface area contributed by atoms with Gasteiger partial charge in [0.15, 0.2) is 0 Å². The maximum atomic E-state index is 11.2. The van der Waals surface area contributed by atoms with Gasteiger partial charge in [0.25, 0.3) is 0 Å². The molecule has 0 N–H and O–H groups in total. The predicted octanol–water partition coefficient (Wildman–Crippen LogP) is 0.983. The van der Waals surface area contributed by atoms with Crippen LogP contribution in [-0.4, -0.2) is 27.8 Å². The first-order valence-corrected chi connectivity index (χ1v) is 4.82. The summed E-state index contributed by atoms with van der Waals surface area (Å²) in [5.41, 5.74) is 0.923. The van der Waals surface area contributed by atoms with Crippen molar-refractivity contribution in [3.8, 4) is 5.69 Å². The summed E-state index contributed by atoms with van der Waals surface area (Å²) in [6, 6.07) is 9.59. The van der Waals surface area contributed by atoms with E-state index >= 15 is 0 Å². The summed E-state index contributed by atoms with van der Waals surface area (Å²) in [5.74, 6) is 0.239. The minimum Gasteiger partial charge on any atom is -0.469 e. The van der Waals surface area contributed by atoms with Gasteiger partial charge in [-0.05, 0) is 12.1 Å². The molecule has 0 aliphatic carbocycles. The zero-order valence-electron chi connectivity index (χ0n) is 8.83. The fraction of sp³-hybridized carbons (Fsp3) is 0.182. The fourth-order valence-corrected chi connectivity index (χ4v) is 1.39. The number of methoxy groups -OCH3 is 1. The molecule has 0 unspecified atom stereocenters. The molecule has 1 aromatic carbocycles. The number of carbonyl (C=O) groups is 1. The van der Waals surface area contributed by atoms with Gasteiger partial charge in [-0.2, -0.15) is 0 Å². The number of para-hydroxylation sites is 1. The Bertz CT molecular complexity index is 479. The van der Waals surface area contributed by atoms with Gasteiger partial charge < -0.3 is 4.74 Å². The smallest absolute Gasteiger partial charge is 0.313 e. The third-order valence-corrected chi connectivity index (χ3v) is 2.18. The van der Waals surface area contributed by atoms with E-state index in [0.717, 1.165) is 5.69 Å². The normalized spacial score (nSPS) is 10.1. The molecule has 0 aliphatic heterocycles. The van der Waals surface area contributed by atoms with E-state index in [9.17, 15) is 4.79 Å². The van der Waals surface area contributed by atoms with Crippen molar-refractivity contribution in [2.75, 3.05) is 7.11 Å². The summed E-state index contributed by atoms with van der Waals surface area (Å²) in [6.07, 6.45) is 1.69. The van der Waals surface area contributed by atoms with E-state index < -0.39 is 0 Å². The molecule has 0 bridgehead atoms. The van der Waals surface area contributed by atoms with Crippen molar-refractivity contribution in [3.05, 3.63) is 42.5 Å². The summed E-state index contributed by atoms with van der Waals surface area (Å²) >= 11 is 0. The molecule has 5 nitrogen and oxygen atoms in total. The molecule has 0 aliphatic rings. The van der Waals surface area contributed by atoms with Gasteiger partial charge in [0, 0.05) is 5.69 Å². The molecule has 2 rings (SSSR count). The fourth-order valence-electron chi connectivity index (χ4n) is 1.39. The highest BCUT2D eigenvalue weighted by molar-refractivity contribution is 5.71. The van der Waals surface area contributed by atoms with E-state index in [1.54, 1.807) is 10.9 Å². The Hall–Kier alpha value is -2.17. The first-order valence-electron chi connectivity index (χ1n) is 4.82. The largest absolute Gasteiger partial charge is 0.469 e. The lowest BCUT2D eigenvalue weighted by molar-refractivity contribution is -0.139. The molecular weight excluding hydrogens is 206 g/mol. The average molecular weight is 217 g/mol. The average Bonchev–Trinajstić information content (AvgIpc) is 2.78. The highest BCUT2D eigenvalue weighted by Gasteiger charge is 2.10. The van der Waals surface area contributed by atoms with Gasteiger partial charge in [0.2, 0.25) is 0 Å². The van der Waals surface area contributed by atoms with Gasteiger partial charge in [-0.3, -0.25) is 9.36 Å². The summed E-state index contributed by atoms with van der Waals surface area (Å²) in [7, 11) is 1.35. The number of ether oxygens (including phenoxy) is 1. The van der Waals surface area contributed by atoms with E-state index in [1.165, 1.54) is 7.11 Å². The van der Waals surface area contributed by atoms with Gasteiger partial charge in [0.1, 0.15) is 18.6 Å². The van der Waals surface area contributed by atoms with E-state index in [-0.39, 0.29) is 12.4 Å². The van der Waals surface area contributed by atoms with E-state index in [4.69, 9.17) is 0 Å². The molecule has 0 saturated heterocycles. The molecule has 0 spiro atoms. The Balaban J connectivity index is 2.29. The minimum absolute atomic E-state index is 0.116. The number of hydrogen-bond donors (Lipinski definition) is 0. The quantitative estimate of drug-likeness (QED) is 0.719. The second-order valence-corrected chi connectivity index (χ2v) is 3.21. The van der Waals surface area contributed by atoms with Gasteiger partial charge in [-0.25, -0.2) is 0 Å². The van der Waals surface area contributed by atoms with Crippen molar-refractivity contribution < 1.29 is 9.53 Å². The second kappa shape index (κ2) is 4.57. The number of benzene rings is 1. The molecule has 0 atom stereocenters. The molecule has 5 heteroatoms. The van der Waals surface area contributed by atoms with Crippen molar-refractivity contribution >= 4 is 5.97 Å². The van der Waals surface area contributed by atoms with Crippen LogP contribution in [0, 0.1) is 0 Å². The summed E-state index contributed by atoms with van der Waals surface area (Å²) in [6.45, 7) is 0. The lowest BCUT2D eigenvalue weighted by Gasteiger charge is -2.04. The summed E-state index contributed by atoms with van der Waals surface area (Å²) in [4.78, 5) is 11.2. The maximum absolute atomic E-state index is 11.2. The third-order valence-electron chi connectivity index (χ3n) is 2.18. The van der Waals surface area contributed by atoms with E-state index in [0.29, 0.717) is 5.82 Å². The zero-order valence-corrected chi connectivity index (χ0v) is 8.83. The van der Waals surface area contributed by atoms with E-state index in [2.05, 4.69) is 14.9 Å². The highest BCUT2D eigenvalue weighted by Crippen LogP contribution is 2.09. The number of nitrogens with zero attached hydrogens (tertiary/aromatic N) is 3. The second-order valence-electron chi connectivity index (χ2n) is 3.21. The van der Waals surface area contributed by atoms with Gasteiger partial charge in [-0.1, -0.05) is 18.2 Å². The van der Waals surface area contributed by atoms with Crippen LogP contribution in [0.1, 0.15) is 5.82 Å². The maximum Gasteiger partial charge on any atom is 0.313 e. The van der Waals surface area contributed by atoms with Crippen molar-refractivity contribution in [2.24, 2.45) is 0 Å². The van der Waals surface area contributed by atoms with Crippen LogP contribution < -0.4 is 0 Å². The Kier molecular flexibility index (Phi) is 2.95. The lowest BCUT2D eigenvalue weighted by atomic mass is 10.3. The first kappa shape index (κ1) is 10.4. The molecule has 16 heavy (non-hydrogen) atoms. The number of hydrogen-bond acceptors (Lipinski definition) is 4. The number of esters is 1. The van der Waals surface area contributed by atoms with Crippen LogP contribution in [-0.2, 0) is 16.0 Å². The van der Waals surface area contributed by atoms with Crippen molar-refractivity contribution in [3.63, 3.8) is 0 Å². The summed E-state index contributed by atoms with van der Waals surface area (Å²) in [5, 5.41) is 7.68. The Morgan fingerprint density at radius 3 is 2.81 bits per heavy atom. The van der Waals surface area contributed by atoms with Gasteiger partial charge in [-0.15, -0.1) is 10.2 Å². The van der Waals surface area contributed by atoms with Crippen molar-refractivity contribution in [2.45, 2.75) is 6.42 Å². The van der Waals surface area contributed by atoms with Gasteiger partial charge in [0.05, 0.1) is 7.11 Å². The Morgan fingerprint density at radius 2 is 2.12 bits per heavy atom. The number of carbonyl (C=O) groups excluding carboxylic acids is 1. The van der Waals surface area contributed by atoms with Crippen LogP contribution in [0.4, 0.5) is 0 Å². The van der Waals surface area contributed by atoms with Crippen LogP contribution in [0.2, 0.25) is 0 Å². The molecule has 0 fully saturated rings. The Labute approximate surface area is 92.7 Å². The Morgan fingerprint density at radius 1 is 1.38 bits per heavy atom. The third kappa shape index (κ3) is 2.08. The van der Waals surface area contributed by atoms with Crippen LogP contribution in [0.3, 0.4) is 0 Å². The zero-order chi connectivity index (χ0) is 11.4. The number of aromatic nitrogens is 3. The topological polar surface area (TPSA) is 57.0 Å². The predicted molar refractivity (Wildman–Crippen MR) is 57.1 cm³/mol. The minimum atomic E-state index is -0.329. The molecule has 1 aromatic heterocycles. The van der Waals surface area contributed by atoms with Gasteiger partial charge >= 0.3 is 5.97 Å². The number of rotatable bonds is 3. The van der Waals surface area contributed by atoms with Crippen LogP contribution in [0.25, 0.3) is 5.69 Å². The lowest BCUT2D eigenvalue weighted by Crippen LogP contribution is -2.10. The van der Waals surface area contributed by atoms with Crippen LogP contribution in [0.15, 0.2) is 36.7 Å². The highest BCUT2D eigenvalue weighted by atomic mass is 16.5. The molecule has 2 aromatic rings. The monoisotopic (exact) mass is 217 g/mol. The molecule has 0 saturated carbocycles.